The first kappa shape index (κ1) is 23.8. The van der Waals surface area contributed by atoms with Gasteiger partial charge in [0.15, 0.2) is 0 Å². The van der Waals surface area contributed by atoms with Crippen molar-refractivity contribution < 1.29 is 49.1 Å². The van der Waals surface area contributed by atoms with Gasteiger partial charge in [0.2, 0.25) is 0 Å². The van der Waals surface area contributed by atoms with Crippen LogP contribution >= 0.6 is 0 Å². The third-order valence-electron chi connectivity index (χ3n) is 4.62. The quantitative estimate of drug-likeness (QED) is 0.362. The van der Waals surface area contributed by atoms with Gasteiger partial charge in [0.25, 0.3) is 0 Å². The van der Waals surface area contributed by atoms with Crippen molar-refractivity contribution in [1.82, 2.24) is 0 Å². The lowest BCUT2D eigenvalue weighted by atomic mass is 9.98. The highest BCUT2D eigenvalue weighted by Gasteiger charge is 2.27. The average Bonchev–Trinajstić information content (AvgIpc) is 2.80. The summed E-state index contributed by atoms with van der Waals surface area (Å²) in [6.07, 6.45) is 0. The highest BCUT2D eigenvalue weighted by Crippen LogP contribution is 2.22. The molecule has 0 saturated carbocycles. The Hall–Kier alpha value is -4.86. The Balaban J connectivity index is 1.91. The maximum atomic E-state index is 12.6. The maximum absolute atomic E-state index is 12.6. The van der Waals surface area contributed by atoms with Crippen LogP contribution in [0.1, 0.15) is 52.6 Å². The zero-order chi connectivity index (χ0) is 24.8. The molecule has 0 spiro atoms. The van der Waals surface area contributed by atoms with Crippen molar-refractivity contribution in [3.8, 4) is 11.5 Å². The zero-order valence-corrected chi connectivity index (χ0v) is 17.4. The fourth-order valence-corrected chi connectivity index (χ4v) is 3.04. The molecule has 0 aromatic heterocycles. The molecule has 34 heavy (non-hydrogen) atoms. The van der Waals surface area contributed by atoms with Crippen LogP contribution in [0.3, 0.4) is 0 Å². The van der Waals surface area contributed by atoms with Gasteiger partial charge in [-0.05, 0) is 47.5 Å². The van der Waals surface area contributed by atoms with Crippen molar-refractivity contribution in [2.24, 2.45) is 0 Å². The number of phenolic OH excluding ortho intramolecular Hbond substituents is 2. The second-order valence-electron chi connectivity index (χ2n) is 7.05. The highest BCUT2D eigenvalue weighted by atomic mass is 16.5. The van der Waals surface area contributed by atoms with Crippen molar-refractivity contribution >= 4 is 23.9 Å². The van der Waals surface area contributed by atoms with Crippen LogP contribution in [-0.2, 0) is 22.7 Å². The molecule has 0 fully saturated rings. The molecule has 4 N–H and O–H groups in total. The van der Waals surface area contributed by atoms with Crippen LogP contribution < -0.4 is 0 Å². The molecule has 174 valence electrons. The molecular weight excluding hydrogens is 448 g/mol. The summed E-state index contributed by atoms with van der Waals surface area (Å²) in [6, 6.07) is 13.1. The molecule has 0 radical (unpaired) electrons. The summed E-state index contributed by atoms with van der Waals surface area (Å²) in [5, 5.41) is 38.0. The van der Waals surface area contributed by atoms with Gasteiger partial charge in [-0.15, -0.1) is 0 Å². The normalized spacial score (nSPS) is 10.4. The molecule has 0 amide bonds. The van der Waals surface area contributed by atoms with Crippen molar-refractivity contribution in [1.29, 1.82) is 0 Å². The monoisotopic (exact) mass is 466 g/mol. The van der Waals surface area contributed by atoms with Gasteiger partial charge < -0.3 is 29.9 Å². The van der Waals surface area contributed by atoms with Gasteiger partial charge in [-0.3, -0.25) is 0 Å². The number of hydrogen-bond acceptors (Lipinski definition) is 8. The Morgan fingerprint density at radius 1 is 0.588 bits per heavy atom. The molecule has 3 aromatic rings. The van der Waals surface area contributed by atoms with E-state index in [0.29, 0.717) is 17.2 Å². The van der Waals surface area contributed by atoms with Crippen LogP contribution in [0, 0.1) is 0 Å². The van der Waals surface area contributed by atoms with Gasteiger partial charge in [-0.2, -0.15) is 0 Å². The number of aromatic hydroxyl groups is 2. The van der Waals surface area contributed by atoms with Crippen LogP contribution in [0.15, 0.2) is 60.7 Å². The number of esters is 2. The summed E-state index contributed by atoms with van der Waals surface area (Å²) in [5.74, 6) is -5.60. The zero-order valence-electron chi connectivity index (χ0n) is 17.4. The van der Waals surface area contributed by atoms with E-state index in [1.165, 1.54) is 36.4 Å². The lowest BCUT2D eigenvalue weighted by Crippen LogP contribution is -2.18. The minimum Gasteiger partial charge on any atom is -0.508 e. The summed E-state index contributed by atoms with van der Waals surface area (Å²) in [5.41, 5.74) is -1.63. The molecule has 0 heterocycles. The van der Waals surface area contributed by atoms with Gasteiger partial charge in [-0.1, -0.05) is 24.3 Å². The number of carboxylic acid groups (broad SMARTS) is 2. The third kappa shape index (κ3) is 5.68. The molecule has 0 atom stereocenters. The first-order valence-corrected chi connectivity index (χ1v) is 9.70. The van der Waals surface area contributed by atoms with E-state index < -0.39 is 46.1 Å². The van der Waals surface area contributed by atoms with Crippen LogP contribution in [0.25, 0.3) is 0 Å². The second kappa shape index (κ2) is 10.2. The number of aromatic carboxylic acids is 2. The first-order chi connectivity index (χ1) is 16.2. The molecule has 0 saturated heterocycles. The Bertz CT molecular complexity index is 1180. The molecule has 0 bridgehead atoms. The summed E-state index contributed by atoms with van der Waals surface area (Å²) < 4.78 is 10.2. The van der Waals surface area contributed by atoms with Crippen LogP contribution in [-0.4, -0.2) is 44.3 Å². The van der Waals surface area contributed by atoms with E-state index in [1.807, 2.05) is 0 Å². The van der Waals surface area contributed by atoms with Gasteiger partial charge in [0, 0.05) is 0 Å². The molecule has 0 aliphatic carbocycles. The number of carbonyl (C=O) groups excluding carboxylic acids is 2. The standard InChI is InChI=1S/C24H18O10/c25-15-5-1-3-13(7-15)11-33-23(31)19-10-20(18(22(29)30)9-17(19)21(27)28)24(32)34-12-14-4-2-6-16(26)8-14/h1-10,25-26H,11-12H2,(H,27,28)(H,29,30). The Kier molecular flexibility index (Phi) is 7.12. The number of hydrogen-bond donors (Lipinski definition) is 4. The fraction of sp³-hybridized carbons (Fsp3) is 0.0833. The predicted octanol–water partition coefficient (Wildman–Crippen LogP) is 3.21. The van der Waals surface area contributed by atoms with Gasteiger partial charge in [-0.25, -0.2) is 19.2 Å². The first-order valence-electron chi connectivity index (χ1n) is 9.70. The van der Waals surface area contributed by atoms with Crippen molar-refractivity contribution in [3.05, 3.63) is 94.0 Å². The van der Waals surface area contributed by atoms with E-state index in [4.69, 9.17) is 9.47 Å². The molecule has 3 aromatic carbocycles. The smallest absolute Gasteiger partial charge is 0.339 e. The van der Waals surface area contributed by atoms with Gasteiger partial charge in [0.1, 0.15) is 24.7 Å². The van der Waals surface area contributed by atoms with Crippen molar-refractivity contribution in [2.45, 2.75) is 13.2 Å². The van der Waals surface area contributed by atoms with E-state index in [0.717, 1.165) is 6.07 Å². The SMILES string of the molecule is O=C(O)c1cc(C(=O)O)c(C(=O)OCc2cccc(O)c2)cc1C(=O)OCc1cccc(O)c1. The Morgan fingerprint density at radius 3 is 1.32 bits per heavy atom. The topological polar surface area (TPSA) is 168 Å². The third-order valence-corrected chi connectivity index (χ3v) is 4.62. The minimum absolute atomic E-state index is 0.0673. The van der Waals surface area contributed by atoms with E-state index in [-0.39, 0.29) is 24.7 Å². The number of carbonyl (C=O) groups is 4. The fourth-order valence-electron chi connectivity index (χ4n) is 3.04. The summed E-state index contributed by atoms with van der Waals surface area (Å²) in [7, 11) is 0. The second-order valence-corrected chi connectivity index (χ2v) is 7.05. The number of rotatable bonds is 8. The van der Waals surface area contributed by atoms with Gasteiger partial charge >= 0.3 is 23.9 Å². The van der Waals surface area contributed by atoms with E-state index in [9.17, 15) is 39.6 Å². The Morgan fingerprint density at radius 2 is 0.971 bits per heavy atom. The number of benzene rings is 3. The molecule has 0 aliphatic heterocycles. The summed E-state index contributed by atoms with van der Waals surface area (Å²) in [6.45, 7) is -0.630. The molecule has 10 nitrogen and oxygen atoms in total. The predicted molar refractivity (Wildman–Crippen MR) is 115 cm³/mol. The maximum Gasteiger partial charge on any atom is 0.339 e. The summed E-state index contributed by atoms with van der Waals surface area (Å²) in [4.78, 5) is 48.6. The van der Waals surface area contributed by atoms with E-state index >= 15 is 0 Å². The molecule has 0 aliphatic rings. The number of ether oxygens (including phenoxy) is 2. The van der Waals surface area contributed by atoms with Crippen LogP contribution in [0.5, 0.6) is 11.5 Å². The number of carboxylic acids is 2. The lowest BCUT2D eigenvalue weighted by Gasteiger charge is -2.12. The number of phenols is 2. The minimum atomic E-state index is -1.61. The van der Waals surface area contributed by atoms with E-state index in [2.05, 4.69) is 0 Å². The summed E-state index contributed by atoms with van der Waals surface area (Å²) >= 11 is 0. The Labute approximate surface area is 192 Å². The molecule has 10 heteroatoms. The largest absolute Gasteiger partial charge is 0.508 e. The van der Waals surface area contributed by atoms with Gasteiger partial charge in [0.05, 0.1) is 22.3 Å². The van der Waals surface area contributed by atoms with Crippen molar-refractivity contribution in [3.63, 3.8) is 0 Å². The van der Waals surface area contributed by atoms with Crippen LogP contribution in [0.2, 0.25) is 0 Å². The lowest BCUT2D eigenvalue weighted by molar-refractivity contribution is 0.0454. The molecule has 0 unspecified atom stereocenters. The molecular formula is C24H18O10. The average molecular weight is 466 g/mol. The molecule has 3 rings (SSSR count). The van der Waals surface area contributed by atoms with E-state index in [1.54, 1.807) is 12.1 Å². The van der Waals surface area contributed by atoms with Crippen molar-refractivity contribution in [2.75, 3.05) is 0 Å². The highest BCUT2D eigenvalue weighted by molar-refractivity contribution is 6.09. The van der Waals surface area contributed by atoms with Crippen LogP contribution in [0.4, 0.5) is 0 Å².